The number of nitrogen functional groups attached to an aromatic ring is 1. The fraction of sp³-hybridized carbons (Fsp3) is 0.185. The van der Waals surface area contributed by atoms with Gasteiger partial charge in [-0.15, -0.1) is 0 Å². The first kappa shape index (κ1) is 23.9. The lowest BCUT2D eigenvalue weighted by atomic mass is 10.0. The topological polar surface area (TPSA) is 82.0 Å². The van der Waals surface area contributed by atoms with E-state index in [1.807, 2.05) is 37.0 Å². The number of carbonyl (C=O) groups excluding carboxylic acids is 1. The van der Waals surface area contributed by atoms with Gasteiger partial charge in [-0.3, -0.25) is 4.79 Å². The van der Waals surface area contributed by atoms with Gasteiger partial charge < -0.3 is 10.5 Å². The molecule has 2 heterocycles. The molecule has 6 nitrogen and oxygen atoms in total. The van der Waals surface area contributed by atoms with Gasteiger partial charge in [0.2, 0.25) is 0 Å². The molecule has 0 saturated carbocycles. The third kappa shape index (κ3) is 5.16. The molecular formula is C27H25F2N4O2+. The molecule has 0 aliphatic rings. The second-order valence-electron chi connectivity index (χ2n) is 8.27. The Kier molecular flexibility index (Phi) is 6.82. The van der Waals surface area contributed by atoms with Crippen LogP contribution in [0.4, 0.5) is 14.6 Å². The minimum atomic E-state index is -0.448. The Morgan fingerprint density at radius 3 is 2.43 bits per heavy atom. The van der Waals surface area contributed by atoms with Crippen LogP contribution < -0.4 is 15.0 Å². The molecule has 0 spiro atoms. The van der Waals surface area contributed by atoms with Crippen LogP contribution in [0.5, 0.6) is 5.75 Å². The van der Waals surface area contributed by atoms with Crippen LogP contribution in [0.2, 0.25) is 0 Å². The highest BCUT2D eigenvalue weighted by Gasteiger charge is 2.22. The summed E-state index contributed by atoms with van der Waals surface area (Å²) in [6, 6.07) is 12.3. The fourth-order valence-corrected chi connectivity index (χ4v) is 4.02. The van der Waals surface area contributed by atoms with Gasteiger partial charge in [-0.05, 0) is 55.8 Å². The number of carbonyl (C=O) groups is 1. The Hall–Kier alpha value is -4.20. The van der Waals surface area contributed by atoms with Crippen LogP contribution in [0.3, 0.4) is 0 Å². The molecule has 35 heavy (non-hydrogen) atoms. The molecule has 8 heteroatoms. The molecule has 0 amide bonds. The predicted octanol–water partition coefficient (Wildman–Crippen LogP) is 4.63. The molecule has 0 aliphatic heterocycles. The molecule has 0 aliphatic carbocycles. The minimum absolute atomic E-state index is 0.00493. The molecule has 0 radical (unpaired) electrons. The highest BCUT2D eigenvalue weighted by molar-refractivity contribution is 5.99. The Balaban J connectivity index is 1.77. The SMILES string of the molecule is COc1cccc(F)c1CCC(=O)c1nc(-c2cc(C)c[n+](C)c2)c(-c2ccc(F)cc2)nc1N. The van der Waals surface area contributed by atoms with Gasteiger partial charge in [-0.1, -0.05) is 6.07 Å². The normalized spacial score (nSPS) is 10.9. The molecule has 2 aromatic carbocycles. The van der Waals surface area contributed by atoms with Gasteiger partial charge in [0.15, 0.2) is 24.0 Å². The maximum atomic E-state index is 14.3. The van der Waals surface area contributed by atoms with Gasteiger partial charge in [-0.25, -0.2) is 23.3 Å². The van der Waals surface area contributed by atoms with E-state index in [1.54, 1.807) is 24.3 Å². The lowest BCUT2D eigenvalue weighted by molar-refractivity contribution is -0.671. The standard InChI is InChI=1S/C27H24F2N4O2/c1-16-13-18(15-33(2)14-16)25-24(17-7-9-19(28)10-8-17)32-27(30)26(31-25)22(34)12-11-20-21(29)5-4-6-23(20)35-3/h4-10,13-15H,11-12H2,1-3H3,(H-,30,32,34)/p+1. The average Bonchev–Trinajstić information content (AvgIpc) is 2.82. The summed E-state index contributed by atoms with van der Waals surface area (Å²) in [7, 11) is 3.33. The van der Waals surface area contributed by atoms with E-state index in [0.717, 1.165) is 11.1 Å². The second kappa shape index (κ2) is 9.97. The number of rotatable bonds is 7. The molecular weight excluding hydrogens is 450 g/mol. The number of pyridine rings is 1. The van der Waals surface area contributed by atoms with Gasteiger partial charge in [0.05, 0.1) is 18.4 Å². The quantitative estimate of drug-likeness (QED) is 0.311. The van der Waals surface area contributed by atoms with E-state index in [0.29, 0.717) is 28.3 Å². The van der Waals surface area contributed by atoms with Crippen LogP contribution in [0.15, 0.2) is 60.9 Å². The first-order valence-electron chi connectivity index (χ1n) is 11.0. The van der Waals surface area contributed by atoms with Crippen molar-refractivity contribution in [3.63, 3.8) is 0 Å². The number of nitrogens with two attached hydrogens (primary N) is 1. The largest absolute Gasteiger partial charge is 0.496 e. The number of ketones is 1. The van der Waals surface area contributed by atoms with Crippen LogP contribution >= 0.6 is 0 Å². The van der Waals surface area contributed by atoms with Gasteiger partial charge in [0.1, 0.15) is 35.8 Å². The van der Waals surface area contributed by atoms with Crippen molar-refractivity contribution in [2.45, 2.75) is 19.8 Å². The summed E-state index contributed by atoms with van der Waals surface area (Å²) in [5.41, 5.74) is 9.68. The van der Waals surface area contributed by atoms with Crippen molar-refractivity contribution in [2.75, 3.05) is 12.8 Å². The molecule has 0 atom stereocenters. The Bertz CT molecular complexity index is 1390. The number of aromatic nitrogens is 3. The number of nitrogens with zero attached hydrogens (tertiary/aromatic N) is 3. The zero-order chi connectivity index (χ0) is 25.1. The summed E-state index contributed by atoms with van der Waals surface area (Å²) in [4.78, 5) is 22.3. The van der Waals surface area contributed by atoms with Crippen molar-refractivity contribution in [3.05, 3.63) is 89.4 Å². The monoisotopic (exact) mass is 475 g/mol. The summed E-state index contributed by atoms with van der Waals surface area (Å²) in [6.07, 6.45) is 3.88. The van der Waals surface area contributed by atoms with Crippen molar-refractivity contribution in [3.8, 4) is 28.3 Å². The first-order chi connectivity index (χ1) is 16.8. The molecule has 2 aromatic heterocycles. The minimum Gasteiger partial charge on any atom is -0.496 e. The van der Waals surface area contributed by atoms with E-state index in [1.165, 1.54) is 25.3 Å². The number of hydrogen-bond donors (Lipinski definition) is 1. The van der Waals surface area contributed by atoms with Gasteiger partial charge in [0.25, 0.3) is 0 Å². The fourth-order valence-electron chi connectivity index (χ4n) is 4.02. The molecule has 2 N–H and O–H groups in total. The van der Waals surface area contributed by atoms with Crippen LogP contribution in [-0.4, -0.2) is 22.9 Å². The average molecular weight is 476 g/mol. The van der Waals surface area contributed by atoms with Crippen molar-refractivity contribution in [1.29, 1.82) is 0 Å². The maximum Gasteiger partial charge on any atom is 0.185 e. The molecule has 4 rings (SSSR count). The smallest absolute Gasteiger partial charge is 0.185 e. The highest BCUT2D eigenvalue weighted by atomic mass is 19.1. The predicted molar refractivity (Wildman–Crippen MR) is 129 cm³/mol. The number of benzene rings is 2. The number of Topliss-reactive ketones (excluding diaryl/α,β-unsaturated/α-hetero) is 1. The number of ether oxygens (including phenoxy) is 1. The van der Waals surface area contributed by atoms with Crippen LogP contribution in [0.25, 0.3) is 22.5 Å². The van der Waals surface area contributed by atoms with Crippen molar-refractivity contribution < 1.29 is 22.9 Å². The molecule has 0 unspecified atom stereocenters. The Morgan fingerprint density at radius 1 is 1.03 bits per heavy atom. The van der Waals surface area contributed by atoms with Gasteiger partial charge in [0, 0.05) is 23.1 Å². The first-order valence-corrected chi connectivity index (χ1v) is 11.0. The lowest BCUT2D eigenvalue weighted by Gasteiger charge is -2.13. The zero-order valence-electron chi connectivity index (χ0n) is 19.7. The zero-order valence-corrected chi connectivity index (χ0v) is 19.7. The number of anilines is 1. The van der Waals surface area contributed by atoms with E-state index < -0.39 is 5.82 Å². The summed E-state index contributed by atoms with van der Waals surface area (Å²) in [5, 5.41) is 0. The van der Waals surface area contributed by atoms with Crippen LogP contribution in [0, 0.1) is 18.6 Å². The lowest BCUT2D eigenvalue weighted by Crippen LogP contribution is -2.27. The summed E-state index contributed by atoms with van der Waals surface area (Å²) < 4.78 is 35.0. The number of hydrogen-bond acceptors (Lipinski definition) is 5. The molecule has 178 valence electrons. The van der Waals surface area contributed by atoms with E-state index in [4.69, 9.17) is 10.5 Å². The summed E-state index contributed by atoms with van der Waals surface area (Å²) in [5.74, 6) is -0.874. The summed E-state index contributed by atoms with van der Waals surface area (Å²) in [6.45, 7) is 1.94. The number of methoxy groups -OCH3 is 1. The van der Waals surface area contributed by atoms with E-state index in [-0.39, 0.29) is 36.0 Å². The van der Waals surface area contributed by atoms with E-state index >= 15 is 0 Å². The Labute approximate surface area is 202 Å². The molecule has 0 bridgehead atoms. The second-order valence-corrected chi connectivity index (χ2v) is 8.27. The van der Waals surface area contributed by atoms with Crippen LogP contribution in [0.1, 0.15) is 28.0 Å². The molecule has 0 fully saturated rings. The maximum absolute atomic E-state index is 14.3. The van der Waals surface area contributed by atoms with Crippen molar-refractivity contribution >= 4 is 11.6 Å². The van der Waals surface area contributed by atoms with Gasteiger partial charge >= 0.3 is 0 Å². The molecule has 4 aromatic rings. The van der Waals surface area contributed by atoms with Crippen molar-refractivity contribution in [1.82, 2.24) is 9.97 Å². The molecule has 0 saturated heterocycles. The number of halogens is 2. The van der Waals surface area contributed by atoms with Gasteiger partial charge in [-0.2, -0.15) is 0 Å². The third-order valence-electron chi connectivity index (χ3n) is 5.61. The number of aryl methyl sites for hydroxylation is 2. The van der Waals surface area contributed by atoms with E-state index in [2.05, 4.69) is 9.97 Å². The van der Waals surface area contributed by atoms with E-state index in [9.17, 15) is 13.6 Å². The van der Waals surface area contributed by atoms with Crippen LogP contribution in [-0.2, 0) is 13.5 Å². The third-order valence-corrected chi connectivity index (χ3v) is 5.61. The highest BCUT2D eigenvalue weighted by Crippen LogP contribution is 2.31. The summed E-state index contributed by atoms with van der Waals surface area (Å²) >= 11 is 0. The Morgan fingerprint density at radius 2 is 1.74 bits per heavy atom. The van der Waals surface area contributed by atoms with Crippen molar-refractivity contribution in [2.24, 2.45) is 7.05 Å².